The highest BCUT2D eigenvalue weighted by Crippen LogP contribution is 2.39. The van der Waals surface area contributed by atoms with Crippen LogP contribution in [0.3, 0.4) is 0 Å². The van der Waals surface area contributed by atoms with E-state index in [1.165, 1.54) is 12.1 Å². The molecule has 0 bridgehead atoms. The third kappa shape index (κ3) is 3.93. The largest absolute Gasteiger partial charge is 0.505 e. The van der Waals surface area contributed by atoms with Gasteiger partial charge in [-0.1, -0.05) is 19.9 Å². The molecule has 1 saturated carbocycles. The standard InChI is InChI=1S/C16H24FNO2/c1-15(2)5-7-16(20,8-6-15)11-18-10-12-3-4-14(19)13(17)9-12/h3-4,9,18-20H,5-8,10-11H2,1-2H3. The van der Waals surface area contributed by atoms with Crippen molar-refractivity contribution in [2.45, 2.75) is 51.7 Å². The smallest absolute Gasteiger partial charge is 0.165 e. The maximum atomic E-state index is 13.2. The lowest BCUT2D eigenvalue weighted by molar-refractivity contribution is -0.0245. The third-order valence-corrected chi connectivity index (χ3v) is 4.33. The van der Waals surface area contributed by atoms with Gasteiger partial charge in [0.05, 0.1) is 5.60 Å². The molecule has 0 saturated heterocycles. The van der Waals surface area contributed by atoms with Crippen molar-refractivity contribution in [3.63, 3.8) is 0 Å². The Labute approximate surface area is 119 Å². The first-order valence-corrected chi connectivity index (χ1v) is 7.20. The van der Waals surface area contributed by atoms with Gasteiger partial charge in [-0.05, 0) is 48.8 Å². The molecule has 0 radical (unpaired) electrons. The van der Waals surface area contributed by atoms with Crippen LogP contribution < -0.4 is 5.32 Å². The highest BCUT2D eigenvalue weighted by molar-refractivity contribution is 5.27. The highest BCUT2D eigenvalue weighted by Gasteiger charge is 2.36. The van der Waals surface area contributed by atoms with Crippen molar-refractivity contribution in [1.82, 2.24) is 5.32 Å². The van der Waals surface area contributed by atoms with Gasteiger partial charge in [0.2, 0.25) is 0 Å². The SMILES string of the molecule is CC1(C)CCC(O)(CNCc2ccc(O)c(F)c2)CC1. The minimum atomic E-state index is -0.648. The van der Waals surface area contributed by atoms with Gasteiger partial charge in [-0.25, -0.2) is 4.39 Å². The predicted molar refractivity (Wildman–Crippen MR) is 77.0 cm³/mol. The van der Waals surface area contributed by atoms with E-state index in [1.54, 1.807) is 6.07 Å². The number of aliphatic hydroxyl groups is 1. The molecule has 0 amide bonds. The lowest BCUT2D eigenvalue weighted by atomic mass is 9.71. The number of hydrogen-bond acceptors (Lipinski definition) is 3. The van der Waals surface area contributed by atoms with E-state index >= 15 is 0 Å². The molecule has 1 aromatic rings. The monoisotopic (exact) mass is 281 g/mol. The molecule has 3 N–H and O–H groups in total. The zero-order valence-corrected chi connectivity index (χ0v) is 12.2. The number of phenols is 1. The van der Waals surface area contributed by atoms with Crippen LogP contribution in [0.1, 0.15) is 45.1 Å². The highest BCUT2D eigenvalue weighted by atomic mass is 19.1. The Morgan fingerprint density at radius 1 is 1.20 bits per heavy atom. The minimum Gasteiger partial charge on any atom is -0.505 e. The van der Waals surface area contributed by atoms with Crippen LogP contribution in [0.2, 0.25) is 0 Å². The predicted octanol–water partition coefficient (Wildman–Crippen LogP) is 2.95. The first kappa shape index (κ1) is 15.3. The molecule has 0 spiro atoms. The molecule has 20 heavy (non-hydrogen) atoms. The third-order valence-electron chi connectivity index (χ3n) is 4.33. The van der Waals surface area contributed by atoms with E-state index in [2.05, 4.69) is 19.2 Å². The van der Waals surface area contributed by atoms with Crippen molar-refractivity contribution >= 4 is 0 Å². The van der Waals surface area contributed by atoms with Crippen molar-refractivity contribution in [2.24, 2.45) is 5.41 Å². The fourth-order valence-corrected chi connectivity index (χ4v) is 2.67. The summed E-state index contributed by atoms with van der Waals surface area (Å²) in [6.45, 7) is 5.48. The van der Waals surface area contributed by atoms with Crippen LogP contribution >= 0.6 is 0 Å². The lowest BCUT2D eigenvalue weighted by Gasteiger charge is -2.40. The van der Waals surface area contributed by atoms with Crippen molar-refractivity contribution < 1.29 is 14.6 Å². The van der Waals surface area contributed by atoms with Crippen LogP contribution in [0.15, 0.2) is 18.2 Å². The summed E-state index contributed by atoms with van der Waals surface area (Å²) in [4.78, 5) is 0. The molecule has 1 aliphatic rings. The summed E-state index contributed by atoms with van der Waals surface area (Å²) in [7, 11) is 0. The quantitative estimate of drug-likeness (QED) is 0.795. The maximum Gasteiger partial charge on any atom is 0.165 e. The topological polar surface area (TPSA) is 52.5 Å². The van der Waals surface area contributed by atoms with E-state index in [0.29, 0.717) is 18.5 Å². The van der Waals surface area contributed by atoms with E-state index in [-0.39, 0.29) is 5.75 Å². The Kier molecular flexibility index (Phi) is 4.35. The van der Waals surface area contributed by atoms with Crippen LogP contribution in [0.4, 0.5) is 4.39 Å². The van der Waals surface area contributed by atoms with Gasteiger partial charge in [0.15, 0.2) is 11.6 Å². The molecule has 4 heteroatoms. The van der Waals surface area contributed by atoms with E-state index in [0.717, 1.165) is 31.2 Å². The Balaban J connectivity index is 1.82. The molecule has 0 aliphatic heterocycles. The molecule has 0 aromatic heterocycles. The van der Waals surface area contributed by atoms with Crippen molar-refractivity contribution in [2.75, 3.05) is 6.54 Å². The van der Waals surface area contributed by atoms with Gasteiger partial charge in [-0.3, -0.25) is 0 Å². The first-order valence-electron chi connectivity index (χ1n) is 7.20. The summed E-state index contributed by atoms with van der Waals surface area (Å²) < 4.78 is 13.2. The molecular weight excluding hydrogens is 257 g/mol. The summed E-state index contributed by atoms with van der Waals surface area (Å²) >= 11 is 0. The molecule has 1 aliphatic carbocycles. The fourth-order valence-electron chi connectivity index (χ4n) is 2.67. The fraction of sp³-hybridized carbons (Fsp3) is 0.625. The number of aromatic hydroxyl groups is 1. The number of phenolic OH excluding ortho intramolecular Hbond substituents is 1. The van der Waals surface area contributed by atoms with Crippen LogP contribution in [-0.4, -0.2) is 22.4 Å². The van der Waals surface area contributed by atoms with Gasteiger partial charge in [-0.15, -0.1) is 0 Å². The Morgan fingerprint density at radius 3 is 2.45 bits per heavy atom. The zero-order valence-electron chi connectivity index (χ0n) is 12.2. The van der Waals surface area contributed by atoms with Gasteiger partial charge < -0.3 is 15.5 Å². The number of benzene rings is 1. The molecule has 1 aromatic carbocycles. The summed E-state index contributed by atoms with van der Waals surface area (Å²) in [6.07, 6.45) is 3.66. The van der Waals surface area contributed by atoms with E-state index in [1.807, 2.05) is 0 Å². The average Bonchev–Trinajstić information content (AvgIpc) is 2.38. The average molecular weight is 281 g/mol. The van der Waals surface area contributed by atoms with Crippen molar-refractivity contribution in [1.29, 1.82) is 0 Å². The van der Waals surface area contributed by atoms with Crippen molar-refractivity contribution in [3.8, 4) is 5.75 Å². The Hall–Kier alpha value is -1.13. The minimum absolute atomic E-state index is 0.326. The first-order chi connectivity index (χ1) is 9.30. The summed E-state index contributed by atoms with van der Waals surface area (Å²) in [5.74, 6) is -0.940. The van der Waals surface area contributed by atoms with Gasteiger partial charge in [-0.2, -0.15) is 0 Å². The molecular formula is C16H24FNO2. The lowest BCUT2D eigenvalue weighted by Crippen LogP contribution is -2.44. The normalized spacial score (nSPS) is 20.8. The molecule has 112 valence electrons. The molecule has 0 heterocycles. The Morgan fingerprint density at radius 2 is 1.85 bits per heavy atom. The number of nitrogens with one attached hydrogen (secondary N) is 1. The second-order valence-corrected chi connectivity index (χ2v) is 6.78. The molecule has 3 nitrogen and oxygen atoms in total. The Bertz CT molecular complexity index is 464. The van der Waals surface area contributed by atoms with Crippen LogP contribution in [0, 0.1) is 11.2 Å². The van der Waals surface area contributed by atoms with Gasteiger partial charge in [0.25, 0.3) is 0 Å². The van der Waals surface area contributed by atoms with E-state index in [4.69, 9.17) is 5.11 Å². The molecule has 2 rings (SSSR count). The molecule has 0 atom stereocenters. The van der Waals surface area contributed by atoms with Crippen LogP contribution in [0.5, 0.6) is 5.75 Å². The maximum absolute atomic E-state index is 13.2. The second-order valence-electron chi connectivity index (χ2n) is 6.78. The number of halogens is 1. The molecule has 0 unspecified atom stereocenters. The van der Waals surface area contributed by atoms with Gasteiger partial charge in [0.1, 0.15) is 0 Å². The summed E-state index contributed by atoms with van der Waals surface area (Å²) in [5.41, 5.74) is 0.442. The van der Waals surface area contributed by atoms with Crippen LogP contribution in [0.25, 0.3) is 0 Å². The zero-order chi connectivity index (χ0) is 14.8. The van der Waals surface area contributed by atoms with E-state index < -0.39 is 11.4 Å². The van der Waals surface area contributed by atoms with Crippen molar-refractivity contribution in [3.05, 3.63) is 29.6 Å². The van der Waals surface area contributed by atoms with Gasteiger partial charge >= 0.3 is 0 Å². The second kappa shape index (κ2) is 5.70. The summed E-state index contributed by atoms with van der Waals surface area (Å²) in [5, 5.41) is 22.8. The number of rotatable bonds is 4. The molecule has 1 fully saturated rings. The van der Waals surface area contributed by atoms with E-state index in [9.17, 15) is 9.50 Å². The summed E-state index contributed by atoms with van der Waals surface area (Å²) in [6, 6.07) is 4.35. The number of hydrogen-bond donors (Lipinski definition) is 3. The van der Waals surface area contributed by atoms with Gasteiger partial charge in [0, 0.05) is 13.1 Å². The van der Waals surface area contributed by atoms with Crippen LogP contribution in [-0.2, 0) is 6.54 Å².